The van der Waals surface area contributed by atoms with Crippen molar-refractivity contribution in [1.82, 2.24) is 36.5 Å². The molecule has 2 aromatic carbocycles. The zero-order chi connectivity index (χ0) is 67.3. The SMILES string of the molecule is O=C(O)C[C@H](NC(=O)CNC(=O)c1csc(NC(=O)NCc2ccccc2)n1)C(=O)Nc1ccc(OCCCNC(=O)CCOCCOCCOCCOCCOCCOCCOCCOCCOCCOCCOCCOCCNC(=O)CCN2C(=O)C=CC2=O)cc1. The predicted octanol–water partition coefficient (Wildman–Crippen LogP) is 0.699. The fraction of sp³-hybridized carbons (Fsp3) is 0.574. The number of urea groups is 1. The molecular formula is C61H89N9O23S. The van der Waals surface area contributed by atoms with Gasteiger partial charge in [0.25, 0.3) is 17.7 Å². The summed E-state index contributed by atoms with van der Waals surface area (Å²) in [5.41, 5.74) is 1.13. The second-order valence-electron chi connectivity index (χ2n) is 19.7. The van der Waals surface area contributed by atoms with Crippen LogP contribution in [0.3, 0.4) is 0 Å². The van der Waals surface area contributed by atoms with E-state index in [1.807, 2.05) is 30.3 Å². The molecule has 0 fully saturated rings. The maximum Gasteiger partial charge on any atom is 0.321 e. The van der Waals surface area contributed by atoms with E-state index in [9.17, 15) is 48.3 Å². The van der Waals surface area contributed by atoms with E-state index in [4.69, 9.17) is 61.6 Å². The third kappa shape index (κ3) is 39.8. The summed E-state index contributed by atoms with van der Waals surface area (Å²) >= 11 is 0.996. The first-order valence-corrected chi connectivity index (χ1v) is 31.6. The Morgan fingerprint density at radius 1 is 0.500 bits per heavy atom. The van der Waals surface area contributed by atoms with Crippen LogP contribution in [0.25, 0.3) is 0 Å². The quantitative estimate of drug-likeness (QED) is 0.0285. The van der Waals surface area contributed by atoms with Gasteiger partial charge in [0.15, 0.2) is 5.13 Å². The molecule has 9 amide bonds. The number of rotatable bonds is 58. The Morgan fingerprint density at radius 2 is 0.968 bits per heavy atom. The number of nitrogens with one attached hydrogen (secondary N) is 7. The normalized spacial score (nSPS) is 12.1. The van der Waals surface area contributed by atoms with Crippen LogP contribution >= 0.6 is 11.3 Å². The third-order valence-electron chi connectivity index (χ3n) is 12.3. The van der Waals surface area contributed by atoms with Gasteiger partial charge in [0.2, 0.25) is 23.6 Å². The van der Waals surface area contributed by atoms with Crippen LogP contribution in [-0.2, 0) is 96.9 Å². The van der Waals surface area contributed by atoms with Crippen molar-refractivity contribution in [3.63, 3.8) is 0 Å². The molecule has 522 valence electrons. The Balaban J connectivity index is 0.815. The zero-order valence-electron chi connectivity index (χ0n) is 52.8. The third-order valence-corrected chi connectivity index (χ3v) is 13.1. The molecule has 33 heteroatoms. The van der Waals surface area contributed by atoms with Gasteiger partial charge in [0.1, 0.15) is 17.5 Å². The van der Waals surface area contributed by atoms with E-state index in [1.165, 1.54) is 29.7 Å². The van der Waals surface area contributed by atoms with Crippen molar-refractivity contribution < 1.29 is 110 Å². The molecular weight excluding hydrogens is 1260 g/mol. The first kappa shape index (κ1) is 78.8. The van der Waals surface area contributed by atoms with Gasteiger partial charge in [-0.15, -0.1) is 11.3 Å². The maximum atomic E-state index is 13.0. The average molecular weight is 1350 g/mol. The second kappa shape index (κ2) is 51.7. The highest BCUT2D eigenvalue weighted by atomic mass is 32.1. The average Bonchev–Trinajstić information content (AvgIpc) is 2.18. The van der Waals surface area contributed by atoms with Crippen LogP contribution in [0.5, 0.6) is 5.75 Å². The highest BCUT2D eigenvalue weighted by Crippen LogP contribution is 2.17. The Kier molecular flexibility index (Phi) is 43.4. The van der Waals surface area contributed by atoms with E-state index in [0.717, 1.165) is 21.8 Å². The van der Waals surface area contributed by atoms with Crippen molar-refractivity contribution in [3.8, 4) is 5.75 Å². The lowest BCUT2D eigenvalue weighted by Crippen LogP contribution is -2.48. The van der Waals surface area contributed by atoms with Crippen LogP contribution in [0.15, 0.2) is 72.1 Å². The van der Waals surface area contributed by atoms with E-state index in [-0.39, 0.29) is 61.8 Å². The number of thiazole rings is 1. The fourth-order valence-electron chi connectivity index (χ4n) is 7.58. The van der Waals surface area contributed by atoms with E-state index in [2.05, 4.69) is 42.2 Å². The molecule has 1 aliphatic heterocycles. The first-order valence-electron chi connectivity index (χ1n) is 30.7. The van der Waals surface area contributed by atoms with Gasteiger partial charge in [-0.1, -0.05) is 30.3 Å². The minimum absolute atomic E-state index is 0.0349. The number of carboxylic acid groups (broad SMARTS) is 1. The standard InChI is InChI=1S/C61H89N9O23S/c71-52(13-17-70-55(74)11-12-56(70)75)63-16-20-82-22-24-84-26-28-86-30-32-88-34-36-90-38-40-92-42-41-91-39-37-89-35-33-87-31-29-85-27-25-83-23-21-81-19-14-53(72)62-15-4-18-93-49-9-7-48(8-10-49)66-59(79)50(43-57(76)77)67-54(73)45-64-58(78)51-46-94-61(68-51)69-60(80)65-44-47-5-2-1-3-6-47/h1-3,5-12,46,50H,4,13-45H2,(H,62,72)(H,63,71)(H,64,78)(H,66,79)(H,67,73)(H,76,77)(H2,65,68,69,80)/t50-/m0/s1. The number of carbonyl (C=O) groups is 9. The van der Waals surface area contributed by atoms with E-state index < -0.39 is 60.5 Å². The number of hydrogen-bond donors (Lipinski definition) is 8. The highest BCUT2D eigenvalue weighted by molar-refractivity contribution is 7.14. The van der Waals surface area contributed by atoms with Gasteiger partial charge in [0.05, 0.1) is 178 Å². The number of amides is 9. The fourth-order valence-corrected chi connectivity index (χ4v) is 8.27. The summed E-state index contributed by atoms with van der Waals surface area (Å²) in [5, 5.41) is 28.9. The summed E-state index contributed by atoms with van der Waals surface area (Å²) in [5.74, 6) is -4.50. The molecule has 0 spiro atoms. The summed E-state index contributed by atoms with van der Waals surface area (Å²) in [6.45, 7) is 10.3. The molecule has 32 nitrogen and oxygen atoms in total. The monoisotopic (exact) mass is 1350 g/mol. The van der Waals surface area contributed by atoms with Crippen molar-refractivity contribution in [1.29, 1.82) is 0 Å². The molecule has 2 heterocycles. The molecule has 1 aromatic heterocycles. The number of anilines is 2. The number of benzene rings is 2. The Morgan fingerprint density at radius 3 is 1.47 bits per heavy atom. The van der Waals surface area contributed by atoms with Gasteiger partial charge in [-0.3, -0.25) is 48.6 Å². The number of carboxylic acids is 1. The smallest absolute Gasteiger partial charge is 0.321 e. The molecule has 0 bridgehead atoms. The Labute approximate surface area is 549 Å². The maximum absolute atomic E-state index is 13.0. The molecule has 0 radical (unpaired) electrons. The Hall–Kier alpha value is -7.64. The molecule has 0 saturated carbocycles. The van der Waals surface area contributed by atoms with Crippen molar-refractivity contribution in [3.05, 3.63) is 83.4 Å². The Bertz CT molecular complexity index is 2660. The van der Waals surface area contributed by atoms with Crippen LogP contribution in [0.4, 0.5) is 15.6 Å². The van der Waals surface area contributed by atoms with Crippen molar-refractivity contribution in [2.75, 3.05) is 202 Å². The number of imide groups is 1. The minimum atomic E-state index is -1.47. The lowest BCUT2D eigenvalue weighted by Gasteiger charge is -2.17. The van der Waals surface area contributed by atoms with Gasteiger partial charge < -0.3 is 98.6 Å². The van der Waals surface area contributed by atoms with E-state index in [1.54, 1.807) is 12.1 Å². The lowest BCUT2D eigenvalue weighted by atomic mass is 10.1. The van der Waals surface area contributed by atoms with Crippen molar-refractivity contribution >= 4 is 75.5 Å². The minimum Gasteiger partial charge on any atom is -0.494 e. The summed E-state index contributed by atoms with van der Waals surface area (Å²) in [6, 6.07) is 13.5. The van der Waals surface area contributed by atoms with Crippen LogP contribution in [0, 0.1) is 0 Å². The summed E-state index contributed by atoms with van der Waals surface area (Å²) in [4.78, 5) is 114. The number of carbonyl (C=O) groups excluding carboxylic acids is 8. The van der Waals surface area contributed by atoms with Crippen LogP contribution in [0.2, 0.25) is 0 Å². The summed E-state index contributed by atoms with van der Waals surface area (Å²) in [7, 11) is 0. The van der Waals surface area contributed by atoms with E-state index >= 15 is 0 Å². The highest BCUT2D eigenvalue weighted by Gasteiger charge is 2.26. The van der Waals surface area contributed by atoms with Crippen molar-refractivity contribution in [2.24, 2.45) is 0 Å². The number of hydrogen-bond acceptors (Lipinski definition) is 24. The van der Waals surface area contributed by atoms with Gasteiger partial charge in [0, 0.05) is 62.2 Å². The van der Waals surface area contributed by atoms with Crippen LogP contribution in [-0.4, -0.2) is 266 Å². The van der Waals surface area contributed by atoms with E-state index in [0.29, 0.717) is 183 Å². The van der Waals surface area contributed by atoms with Gasteiger partial charge in [-0.05, 0) is 36.2 Å². The molecule has 8 N–H and O–H groups in total. The van der Waals surface area contributed by atoms with Crippen LogP contribution < -0.4 is 42.0 Å². The van der Waals surface area contributed by atoms with Gasteiger partial charge >= 0.3 is 12.0 Å². The number of aromatic nitrogens is 1. The molecule has 1 aliphatic rings. The molecule has 0 aliphatic carbocycles. The summed E-state index contributed by atoms with van der Waals surface area (Å²) in [6.07, 6.45) is 2.36. The molecule has 94 heavy (non-hydrogen) atoms. The summed E-state index contributed by atoms with van der Waals surface area (Å²) < 4.78 is 71.6. The first-order chi connectivity index (χ1) is 45.9. The number of aliphatic carboxylic acids is 1. The largest absolute Gasteiger partial charge is 0.494 e. The molecule has 0 saturated heterocycles. The lowest BCUT2D eigenvalue weighted by molar-refractivity contribution is -0.140. The second-order valence-corrected chi connectivity index (χ2v) is 20.5. The molecule has 0 unspecified atom stereocenters. The van der Waals surface area contributed by atoms with Crippen molar-refractivity contribution in [2.45, 2.75) is 38.3 Å². The zero-order valence-corrected chi connectivity index (χ0v) is 53.6. The molecule has 4 rings (SSSR count). The topological polar surface area (TPSA) is 394 Å². The van der Waals surface area contributed by atoms with Gasteiger partial charge in [-0.2, -0.15) is 0 Å². The molecule has 1 atom stereocenters. The van der Waals surface area contributed by atoms with Gasteiger partial charge in [-0.25, -0.2) is 9.78 Å². The molecule has 3 aromatic rings. The number of nitrogens with zero attached hydrogens (tertiary/aromatic N) is 2. The number of ether oxygens (including phenoxy) is 13. The van der Waals surface area contributed by atoms with Crippen LogP contribution in [0.1, 0.15) is 41.7 Å². The predicted molar refractivity (Wildman–Crippen MR) is 337 cm³/mol.